The van der Waals surface area contributed by atoms with Crippen LogP contribution in [-0.4, -0.2) is 60.5 Å². The first kappa shape index (κ1) is 48.9. The van der Waals surface area contributed by atoms with Crippen molar-refractivity contribution in [1.29, 1.82) is 0 Å². The Bertz CT molecular complexity index is 998. The number of nitrogens with two attached hydrogens (primary N) is 1. The number of aliphatic hydroxyl groups excluding tert-OH is 1. The summed E-state index contributed by atoms with van der Waals surface area (Å²) in [4.78, 5) is 34.7. The van der Waals surface area contributed by atoms with Crippen LogP contribution in [0.4, 0.5) is 0 Å². The molecule has 0 fully saturated rings. The molecule has 0 bridgehead atoms. The van der Waals surface area contributed by atoms with Gasteiger partial charge in [0.15, 0.2) is 6.10 Å². The third kappa shape index (κ3) is 36.1. The molecule has 0 aromatic carbocycles. The van der Waals surface area contributed by atoms with Gasteiger partial charge in [0.2, 0.25) is 0 Å². The molecule has 3 atom stereocenters. The molecule has 0 aromatic heterocycles. The Balaban J connectivity index is 4.39. The Labute approximate surface area is 309 Å². The summed E-state index contributed by atoms with van der Waals surface area (Å²) in [5, 5.41) is 10.1. The second kappa shape index (κ2) is 36.3. The maximum Gasteiger partial charge on any atom is 0.472 e. The minimum atomic E-state index is -4.40. The van der Waals surface area contributed by atoms with Crippen LogP contribution < -0.4 is 5.73 Å². The zero-order valence-electron chi connectivity index (χ0n) is 31.9. The lowest BCUT2D eigenvalue weighted by atomic mass is 10.0. The van der Waals surface area contributed by atoms with Gasteiger partial charge in [-0.15, -0.1) is 0 Å². The third-order valence-corrected chi connectivity index (χ3v) is 9.03. The fourth-order valence-electron chi connectivity index (χ4n) is 5.06. The third-order valence-electron chi connectivity index (χ3n) is 8.05. The molecule has 0 radical (unpaired) electrons. The molecular formula is C40H72NO9P. The summed E-state index contributed by atoms with van der Waals surface area (Å²) in [5.74, 6) is -0.961. The van der Waals surface area contributed by atoms with Crippen molar-refractivity contribution in [3.63, 3.8) is 0 Å². The van der Waals surface area contributed by atoms with E-state index in [1.165, 1.54) is 70.6 Å². The summed E-state index contributed by atoms with van der Waals surface area (Å²) in [6.07, 6.45) is 36.0. The quantitative estimate of drug-likeness (QED) is 0.0186. The smallest absolute Gasteiger partial charge is 0.462 e. The van der Waals surface area contributed by atoms with Crippen LogP contribution in [0.2, 0.25) is 0 Å². The van der Waals surface area contributed by atoms with E-state index >= 15 is 0 Å². The van der Waals surface area contributed by atoms with Crippen molar-refractivity contribution in [1.82, 2.24) is 0 Å². The van der Waals surface area contributed by atoms with E-state index in [-0.39, 0.29) is 32.6 Å². The minimum absolute atomic E-state index is 0.0333. The van der Waals surface area contributed by atoms with E-state index in [1.807, 2.05) is 18.2 Å². The molecule has 0 spiro atoms. The Morgan fingerprint density at radius 3 is 1.94 bits per heavy atom. The van der Waals surface area contributed by atoms with Crippen LogP contribution >= 0.6 is 7.82 Å². The van der Waals surface area contributed by atoms with Crippen molar-refractivity contribution >= 4 is 19.8 Å². The van der Waals surface area contributed by atoms with Crippen LogP contribution in [0.5, 0.6) is 0 Å². The predicted octanol–water partition coefficient (Wildman–Crippen LogP) is 9.74. The fraction of sp³-hybridized carbons (Fsp3) is 0.750. The van der Waals surface area contributed by atoms with Gasteiger partial charge in [-0.2, -0.15) is 0 Å². The normalized spacial score (nSPS) is 14.5. The molecule has 0 saturated heterocycles. The number of aliphatic hydroxyl groups is 1. The van der Waals surface area contributed by atoms with Gasteiger partial charge in [-0.1, -0.05) is 146 Å². The second-order valence-corrected chi connectivity index (χ2v) is 14.5. The lowest BCUT2D eigenvalue weighted by Gasteiger charge is -2.19. The number of carbonyl (C=O) groups excluding carboxylic acids is 2. The molecule has 0 saturated carbocycles. The maximum absolute atomic E-state index is 12.5. The van der Waals surface area contributed by atoms with Crippen molar-refractivity contribution in [2.75, 3.05) is 26.4 Å². The molecule has 296 valence electrons. The summed E-state index contributed by atoms with van der Waals surface area (Å²) < 4.78 is 32.5. The SMILES string of the molecule is CCCCC/C=C\C/C=C\CC(O)/C=C\C=C\CCCC(=O)OC[C@H](COP(=O)(O)OCCN)OC(=O)CCCCCCCCCCCCCC. The van der Waals surface area contributed by atoms with Gasteiger partial charge in [-0.3, -0.25) is 18.6 Å². The first-order valence-corrected chi connectivity index (χ1v) is 21.2. The molecule has 0 aliphatic heterocycles. The maximum atomic E-state index is 12.5. The minimum Gasteiger partial charge on any atom is -0.462 e. The van der Waals surface area contributed by atoms with Crippen LogP contribution in [0.3, 0.4) is 0 Å². The topological polar surface area (TPSA) is 155 Å². The summed E-state index contributed by atoms with van der Waals surface area (Å²) in [7, 11) is -4.40. The summed E-state index contributed by atoms with van der Waals surface area (Å²) >= 11 is 0. The highest BCUT2D eigenvalue weighted by molar-refractivity contribution is 7.47. The molecule has 0 amide bonds. The first-order valence-electron chi connectivity index (χ1n) is 19.7. The highest BCUT2D eigenvalue weighted by Gasteiger charge is 2.25. The molecule has 0 heterocycles. The molecule has 11 heteroatoms. The number of phosphoric acid groups is 1. The van der Waals surface area contributed by atoms with Crippen molar-refractivity contribution in [3.05, 3.63) is 48.6 Å². The first-order chi connectivity index (χ1) is 24.7. The number of hydrogen-bond donors (Lipinski definition) is 3. The number of allylic oxidation sites excluding steroid dienone is 6. The van der Waals surface area contributed by atoms with E-state index < -0.39 is 38.6 Å². The highest BCUT2D eigenvalue weighted by Crippen LogP contribution is 2.43. The number of ether oxygens (including phenoxy) is 2. The van der Waals surface area contributed by atoms with E-state index in [0.717, 1.165) is 32.1 Å². The largest absolute Gasteiger partial charge is 0.472 e. The number of esters is 2. The standard InChI is InChI=1S/C40H72NO9P/c1-3-5-7-9-11-13-14-15-17-19-23-28-32-40(44)50-38(36-49-51(45,46)48-34-33-41)35-47-39(43)31-27-24-20-22-26-30-37(42)29-25-21-18-16-12-10-8-6-4-2/h12,16,20-22,25-26,30,37-38,42H,3-11,13-15,17-19,23-24,27-29,31-36,41H2,1-2H3,(H,45,46)/b16-12-,22-20+,25-21-,30-26-/t37?,38-/m1/s1. The molecular weight excluding hydrogens is 669 g/mol. The van der Waals surface area contributed by atoms with Gasteiger partial charge in [0.05, 0.1) is 19.3 Å². The second-order valence-electron chi connectivity index (χ2n) is 13.0. The summed E-state index contributed by atoms with van der Waals surface area (Å²) in [6, 6.07) is 0. The van der Waals surface area contributed by atoms with Gasteiger partial charge >= 0.3 is 19.8 Å². The monoisotopic (exact) mass is 741 g/mol. The van der Waals surface area contributed by atoms with Gasteiger partial charge in [0, 0.05) is 19.4 Å². The molecule has 0 rings (SSSR count). The number of carbonyl (C=O) groups is 2. The van der Waals surface area contributed by atoms with Crippen molar-refractivity contribution < 1.29 is 42.7 Å². The van der Waals surface area contributed by atoms with E-state index in [2.05, 4.69) is 32.1 Å². The Morgan fingerprint density at radius 2 is 1.27 bits per heavy atom. The zero-order valence-corrected chi connectivity index (χ0v) is 32.8. The lowest BCUT2D eigenvalue weighted by Crippen LogP contribution is -2.29. The van der Waals surface area contributed by atoms with Crippen LogP contribution in [0.25, 0.3) is 0 Å². The Morgan fingerprint density at radius 1 is 0.686 bits per heavy atom. The van der Waals surface area contributed by atoms with E-state index in [1.54, 1.807) is 12.2 Å². The van der Waals surface area contributed by atoms with Crippen LogP contribution in [-0.2, 0) is 32.7 Å². The molecule has 10 nitrogen and oxygen atoms in total. The van der Waals surface area contributed by atoms with E-state index in [4.69, 9.17) is 24.3 Å². The summed E-state index contributed by atoms with van der Waals surface area (Å²) in [6.45, 7) is 3.51. The van der Waals surface area contributed by atoms with E-state index in [0.29, 0.717) is 25.7 Å². The molecule has 0 aliphatic rings. The predicted molar refractivity (Wildman–Crippen MR) is 207 cm³/mol. The summed E-state index contributed by atoms with van der Waals surface area (Å²) in [5.41, 5.74) is 5.32. The van der Waals surface area contributed by atoms with Crippen LogP contribution in [0.1, 0.15) is 155 Å². The number of rotatable bonds is 36. The average molecular weight is 742 g/mol. The van der Waals surface area contributed by atoms with Crippen molar-refractivity contribution in [3.8, 4) is 0 Å². The zero-order chi connectivity index (χ0) is 37.7. The van der Waals surface area contributed by atoms with Gasteiger partial charge in [0.1, 0.15) is 6.61 Å². The molecule has 2 unspecified atom stereocenters. The van der Waals surface area contributed by atoms with Crippen molar-refractivity contribution in [2.45, 2.75) is 167 Å². The van der Waals surface area contributed by atoms with Crippen LogP contribution in [0, 0.1) is 0 Å². The number of unbranched alkanes of at least 4 members (excludes halogenated alkanes) is 15. The molecule has 0 aromatic rings. The van der Waals surface area contributed by atoms with Gasteiger partial charge in [0.25, 0.3) is 0 Å². The lowest BCUT2D eigenvalue weighted by molar-refractivity contribution is -0.161. The Hall–Kier alpha value is -2.07. The van der Waals surface area contributed by atoms with Crippen molar-refractivity contribution in [2.24, 2.45) is 5.73 Å². The Kier molecular flexibility index (Phi) is 34.8. The molecule has 0 aliphatic carbocycles. The van der Waals surface area contributed by atoms with Gasteiger partial charge in [-0.25, -0.2) is 4.57 Å². The molecule has 51 heavy (non-hydrogen) atoms. The molecule has 4 N–H and O–H groups in total. The fourth-order valence-corrected chi connectivity index (χ4v) is 5.82. The average Bonchev–Trinajstić information content (AvgIpc) is 3.11. The van der Waals surface area contributed by atoms with Crippen LogP contribution in [0.15, 0.2) is 48.6 Å². The highest BCUT2D eigenvalue weighted by atomic mass is 31.2. The number of phosphoric ester groups is 1. The van der Waals surface area contributed by atoms with Gasteiger partial charge < -0.3 is 25.2 Å². The number of hydrogen-bond acceptors (Lipinski definition) is 9. The van der Waals surface area contributed by atoms with E-state index in [9.17, 15) is 24.2 Å². The van der Waals surface area contributed by atoms with Gasteiger partial charge in [-0.05, 0) is 44.9 Å².